The minimum atomic E-state index is -1.10. The number of pyridine rings is 1. The molecule has 0 aromatic carbocycles. The van der Waals surface area contributed by atoms with Gasteiger partial charge in [-0.1, -0.05) is 17.7 Å². The second-order valence-electron chi connectivity index (χ2n) is 4.22. The number of halogens is 1. The summed E-state index contributed by atoms with van der Waals surface area (Å²) in [7, 11) is 0. The Labute approximate surface area is 135 Å². The number of carbonyl (C=O) groups is 2. The zero-order valence-corrected chi connectivity index (χ0v) is 12.9. The first kappa shape index (κ1) is 16.2. The average molecular weight is 341 g/mol. The number of aromatic nitrogens is 2. The van der Waals surface area contributed by atoms with Gasteiger partial charge in [-0.3, -0.25) is 9.78 Å². The van der Waals surface area contributed by atoms with Crippen molar-refractivity contribution in [2.75, 3.05) is 6.54 Å². The highest BCUT2D eigenvalue weighted by Gasteiger charge is 2.16. The van der Waals surface area contributed by atoms with Crippen LogP contribution in [0.5, 0.6) is 0 Å². The predicted octanol–water partition coefficient (Wildman–Crippen LogP) is 1.93. The molecule has 0 aliphatic carbocycles. The lowest BCUT2D eigenvalue weighted by Gasteiger charge is -2.02. The van der Waals surface area contributed by atoms with Crippen molar-refractivity contribution in [3.63, 3.8) is 0 Å². The lowest BCUT2D eigenvalue weighted by molar-refractivity contribution is 0.0946. The number of thiazole rings is 1. The first-order valence-electron chi connectivity index (χ1n) is 6.36. The van der Waals surface area contributed by atoms with Crippen LogP contribution in [0.4, 0.5) is 4.79 Å². The molecule has 0 saturated heterocycles. The van der Waals surface area contributed by atoms with Crippen LogP contribution in [0.25, 0.3) is 0 Å². The highest BCUT2D eigenvalue weighted by molar-refractivity contribution is 7.16. The molecule has 2 aromatic rings. The van der Waals surface area contributed by atoms with E-state index in [-0.39, 0.29) is 29.0 Å². The summed E-state index contributed by atoms with van der Waals surface area (Å²) >= 11 is 7.17. The van der Waals surface area contributed by atoms with Crippen molar-refractivity contribution in [1.82, 2.24) is 20.6 Å². The summed E-state index contributed by atoms with van der Waals surface area (Å²) in [4.78, 5) is 30.7. The van der Waals surface area contributed by atoms with Crippen LogP contribution in [0.2, 0.25) is 4.34 Å². The van der Waals surface area contributed by atoms with E-state index in [0.717, 1.165) is 17.0 Å². The fourth-order valence-electron chi connectivity index (χ4n) is 1.62. The Morgan fingerprint density at radius 3 is 2.82 bits per heavy atom. The molecule has 0 spiro atoms. The Balaban J connectivity index is 1.92. The summed E-state index contributed by atoms with van der Waals surface area (Å²) in [6.45, 7) is 0.498. The van der Waals surface area contributed by atoms with Crippen LogP contribution in [-0.4, -0.2) is 33.6 Å². The fourth-order valence-corrected chi connectivity index (χ4v) is 2.80. The van der Waals surface area contributed by atoms with E-state index >= 15 is 0 Å². The molecule has 0 atom stereocenters. The molecule has 116 valence electrons. The van der Waals surface area contributed by atoms with Gasteiger partial charge in [0.05, 0.1) is 17.2 Å². The quantitative estimate of drug-likeness (QED) is 0.745. The monoisotopic (exact) mass is 340 g/mol. The van der Waals surface area contributed by atoms with Crippen molar-refractivity contribution in [3.8, 4) is 0 Å². The Hall–Kier alpha value is -2.19. The van der Waals surface area contributed by atoms with Gasteiger partial charge in [0, 0.05) is 19.2 Å². The molecular formula is C13H13ClN4O3S. The zero-order valence-electron chi connectivity index (χ0n) is 11.4. The van der Waals surface area contributed by atoms with Crippen LogP contribution in [0.15, 0.2) is 24.4 Å². The zero-order chi connectivity index (χ0) is 15.9. The molecule has 9 heteroatoms. The molecule has 0 unspecified atom stereocenters. The van der Waals surface area contributed by atoms with Gasteiger partial charge in [0.1, 0.15) is 4.34 Å². The highest BCUT2D eigenvalue weighted by Crippen LogP contribution is 2.24. The second-order valence-corrected chi connectivity index (χ2v) is 5.90. The average Bonchev–Trinajstić information content (AvgIpc) is 2.86. The Morgan fingerprint density at radius 2 is 2.14 bits per heavy atom. The summed E-state index contributed by atoms with van der Waals surface area (Å²) < 4.78 is 0.281. The van der Waals surface area contributed by atoms with E-state index in [1.54, 1.807) is 18.3 Å². The van der Waals surface area contributed by atoms with Crippen molar-refractivity contribution in [3.05, 3.63) is 45.1 Å². The van der Waals surface area contributed by atoms with E-state index in [1.807, 2.05) is 6.07 Å². The SMILES string of the molecule is O=C(O)NCCc1nc(C(=O)NCc2ccccn2)c(Cl)s1. The third-order valence-corrected chi connectivity index (χ3v) is 3.93. The lowest BCUT2D eigenvalue weighted by atomic mass is 10.3. The van der Waals surface area contributed by atoms with Gasteiger partial charge in [-0.15, -0.1) is 11.3 Å². The maximum Gasteiger partial charge on any atom is 0.404 e. The Kier molecular flexibility index (Phi) is 5.68. The summed E-state index contributed by atoms with van der Waals surface area (Å²) in [5, 5.41) is 14.0. The molecular weight excluding hydrogens is 328 g/mol. The topological polar surface area (TPSA) is 104 Å². The van der Waals surface area contributed by atoms with E-state index < -0.39 is 6.09 Å². The molecule has 7 nitrogen and oxygen atoms in total. The normalized spacial score (nSPS) is 10.2. The Bertz CT molecular complexity index is 663. The van der Waals surface area contributed by atoms with Gasteiger partial charge >= 0.3 is 6.09 Å². The molecule has 2 amide bonds. The lowest BCUT2D eigenvalue weighted by Crippen LogP contribution is -2.24. The summed E-state index contributed by atoms with van der Waals surface area (Å²) in [6, 6.07) is 5.42. The standard InChI is InChI=1S/C13H13ClN4O3S/c14-11-10(18-9(22-11)4-6-16-13(20)21)12(19)17-7-8-3-1-2-5-15-8/h1-3,5,16H,4,6-7H2,(H,17,19)(H,20,21). The predicted molar refractivity (Wildman–Crippen MR) is 82.3 cm³/mol. The van der Waals surface area contributed by atoms with Crippen molar-refractivity contribution < 1.29 is 14.7 Å². The second kappa shape index (κ2) is 7.71. The first-order chi connectivity index (χ1) is 10.6. The van der Waals surface area contributed by atoms with Crippen LogP contribution in [0.3, 0.4) is 0 Å². The molecule has 0 aliphatic heterocycles. The molecule has 2 aromatic heterocycles. The minimum Gasteiger partial charge on any atom is -0.465 e. The number of hydrogen-bond donors (Lipinski definition) is 3. The third kappa shape index (κ3) is 4.68. The number of carbonyl (C=O) groups excluding carboxylic acids is 1. The van der Waals surface area contributed by atoms with Crippen molar-refractivity contribution >= 4 is 34.9 Å². The van der Waals surface area contributed by atoms with Crippen molar-refractivity contribution in [2.45, 2.75) is 13.0 Å². The molecule has 0 radical (unpaired) electrons. The number of nitrogens with zero attached hydrogens (tertiary/aromatic N) is 2. The number of rotatable bonds is 6. The van der Waals surface area contributed by atoms with Crippen LogP contribution in [0, 0.1) is 0 Å². The molecule has 0 saturated carbocycles. The fraction of sp³-hybridized carbons (Fsp3) is 0.231. The molecule has 2 rings (SSSR count). The summed E-state index contributed by atoms with van der Waals surface area (Å²) in [5.41, 5.74) is 0.876. The number of nitrogens with one attached hydrogen (secondary N) is 2. The molecule has 2 heterocycles. The number of carboxylic acid groups (broad SMARTS) is 1. The van der Waals surface area contributed by atoms with Gasteiger partial charge in [0.15, 0.2) is 5.69 Å². The summed E-state index contributed by atoms with van der Waals surface area (Å²) in [6.07, 6.45) is 0.922. The van der Waals surface area contributed by atoms with Crippen LogP contribution >= 0.6 is 22.9 Å². The van der Waals surface area contributed by atoms with Gasteiger partial charge in [0.25, 0.3) is 5.91 Å². The molecule has 0 bridgehead atoms. The third-order valence-electron chi connectivity index (χ3n) is 2.62. The van der Waals surface area contributed by atoms with Crippen molar-refractivity contribution in [2.24, 2.45) is 0 Å². The van der Waals surface area contributed by atoms with E-state index in [1.165, 1.54) is 0 Å². The van der Waals surface area contributed by atoms with Gasteiger partial charge < -0.3 is 15.7 Å². The van der Waals surface area contributed by atoms with E-state index in [0.29, 0.717) is 11.4 Å². The van der Waals surface area contributed by atoms with E-state index in [9.17, 15) is 9.59 Å². The molecule has 0 fully saturated rings. The molecule has 3 N–H and O–H groups in total. The Morgan fingerprint density at radius 1 is 1.32 bits per heavy atom. The van der Waals surface area contributed by atoms with E-state index in [2.05, 4.69) is 20.6 Å². The first-order valence-corrected chi connectivity index (χ1v) is 7.56. The minimum absolute atomic E-state index is 0.146. The van der Waals surface area contributed by atoms with Gasteiger partial charge in [0.2, 0.25) is 0 Å². The van der Waals surface area contributed by atoms with Crippen LogP contribution in [-0.2, 0) is 13.0 Å². The van der Waals surface area contributed by atoms with Crippen LogP contribution in [0.1, 0.15) is 21.2 Å². The van der Waals surface area contributed by atoms with Gasteiger partial charge in [-0.2, -0.15) is 0 Å². The summed E-state index contributed by atoms with van der Waals surface area (Å²) in [5.74, 6) is -0.385. The largest absolute Gasteiger partial charge is 0.465 e. The number of hydrogen-bond acceptors (Lipinski definition) is 5. The highest BCUT2D eigenvalue weighted by atomic mass is 35.5. The van der Waals surface area contributed by atoms with Gasteiger partial charge in [-0.05, 0) is 12.1 Å². The maximum atomic E-state index is 12.0. The maximum absolute atomic E-state index is 12.0. The molecule has 0 aliphatic rings. The van der Waals surface area contributed by atoms with E-state index in [4.69, 9.17) is 16.7 Å². The number of amides is 2. The van der Waals surface area contributed by atoms with Crippen molar-refractivity contribution in [1.29, 1.82) is 0 Å². The van der Waals surface area contributed by atoms with Gasteiger partial charge in [-0.25, -0.2) is 9.78 Å². The molecule has 22 heavy (non-hydrogen) atoms. The smallest absolute Gasteiger partial charge is 0.404 e. The van der Waals surface area contributed by atoms with Crippen LogP contribution < -0.4 is 10.6 Å².